The van der Waals surface area contributed by atoms with Crippen molar-refractivity contribution in [3.63, 3.8) is 0 Å². The van der Waals surface area contributed by atoms with Gasteiger partial charge in [0.05, 0.1) is 0 Å². The molecule has 1 saturated carbocycles. The first-order chi connectivity index (χ1) is 8.22. The number of rotatable bonds is 3. The van der Waals surface area contributed by atoms with Crippen molar-refractivity contribution in [2.24, 2.45) is 17.8 Å². The first kappa shape index (κ1) is 12.9. The van der Waals surface area contributed by atoms with Crippen LogP contribution in [0.4, 0.5) is 0 Å². The lowest BCUT2D eigenvalue weighted by Gasteiger charge is -2.42. The third kappa shape index (κ3) is 3.01. The van der Waals surface area contributed by atoms with Crippen LogP contribution in [0.3, 0.4) is 0 Å². The van der Waals surface area contributed by atoms with E-state index >= 15 is 0 Å². The summed E-state index contributed by atoms with van der Waals surface area (Å²) in [6.07, 6.45) is 6.76. The van der Waals surface area contributed by atoms with Gasteiger partial charge in [-0.05, 0) is 31.7 Å². The second-order valence-electron chi connectivity index (χ2n) is 5.84. The van der Waals surface area contributed by atoms with E-state index in [4.69, 9.17) is 0 Å². The molecular formula is C14H26N2O. The molecule has 3 unspecified atom stereocenters. The fraction of sp³-hybridized carbons (Fsp3) is 0.929. The van der Waals surface area contributed by atoms with Crippen molar-refractivity contribution in [2.75, 3.05) is 26.7 Å². The summed E-state index contributed by atoms with van der Waals surface area (Å²) in [7, 11) is 1.91. The highest BCUT2D eigenvalue weighted by Gasteiger charge is 2.33. The molecule has 2 rings (SSSR count). The normalized spacial score (nSPS) is 30.8. The van der Waals surface area contributed by atoms with E-state index in [0.29, 0.717) is 5.91 Å². The fourth-order valence-electron chi connectivity index (χ4n) is 3.51. The van der Waals surface area contributed by atoms with E-state index in [9.17, 15) is 4.79 Å². The summed E-state index contributed by atoms with van der Waals surface area (Å²) in [4.78, 5) is 14.4. The first-order valence-corrected chi connectivity index (χ1v) is 7.15. The molecule has 0 radical (unpaired) electrons. The minimum absolute atomic E-state index is 0.125. The predicted molar refractivity (Wildman–Crippen MR) is 69.7 cm³/mol. The Hall–Kier alpha value is -0.570. The van der Waals surface area contributed by atoms with Crippen LogP contribution in [0.15, 0.2) is 0 Å². The van der Waals surface area contributed by atoms with E-state index in [1.807, 2.05) is 14.0 Å². The highest BCUT2D eigenvalue weighted by Crippen LogP contribution is 2.36. The average molecular weight is 238 g/mol. The molecule has 0 spiro atoms. The largest absolute Gasteiger partial charge is 0.342 e. The third-order valence-corrected chi connectivity index (χ3v) is 4.53. The van der Waals surface area contributed by atoms with E-state index in [-0.39, 0.29) is 5.92 Å². The molecule has 3 nitrogen and oxygen atoms in total. The maximum Gasteiger partial charge on any atom is 0.226 e. The molecule has 3 heteroatoms. The maximum atomic E-state index is 12.2. The zero-order valence-corrected chi connectivity index (χ0v) is 11.2. The van der Waals surface area contributed by atoms with E-state index in [1.165, 1.54) is 32.1 Å². The Morgan fingerprint density at radius 2 is 2.00 bits per heavy atom. The van der Waals surface area contributed by atoms with Gasteiger partial charge in [0.2, 0.25) is 5.91 Å². The third-order valence-electron chi connectivity index (χ3n) is 4.53. The van der Waals surface area contributed by atoms with Gasteiger partial charge in [-0.2, -0.15) is 0 Å². The molecule has 98 valence electrons. The Kier molecular flexibility index (Phi) is 4.43. The second kappa shape index (κ2) is 5.85. The summed E-state index contributed by atoms with van der Waals surface area (Å²) in [6.45, 7) is 4.85. The molecule has 0 aromatic carbocycles. The Morgan fingerprint density at radius 3 is 2.71 bits per heavy atom. The first-order valence-electron chi connectivity index (χ1n) is 7.15. The number of fused-ring (bicyclic) bond motifs is 1. The summed E-state index contributed by atoms with van der Waals surface area (Å²) in [5, 5.41) is 3.10. The maximum absolute atomic E-state index is 12.2. The molecule has 1 amide bonds. The van der Waals surface area contributed by atoms with Gasteiger partial charge in [-0.15, -0.1) is 0 Å². The molecule has 0 aromatic rings. The van der Waals surface area contributed by atoms with E-state index in [0.717, 1.165) is 31.5 Å². The Bertz CT molecular complexity index is 267. The highest BCUT2D eigenvalue weighted by molar-refractivity contribution is 5.78. The number of carbonyl (C=O) groups is 1. The highest BCUT2D eigenvalue weighted by atomic mass is 16.2. The van der Waals surface area contributed by atoms with Crippen molar-refractivity contribution in [1.29, 1.82) is 0 Å². The molecule has 1 aliphatic carbocycles. The Labute approximate surface area is 105 Å². The van der Waals surface area contributed by atoms with Crippen LogP contribution in [0.1, 0.15) is 39.0 Å². The summed E-state index contributed by atoms with van der Waals surface area (Å²) >= 11 is 0. The predicted octanol–water partition coefficient (Wildman–Crippen LogP) is 1.88. The molecule has 1 heterocycles. The van der Waals surface area contributed by atoms with Crippen molar-refractivity contribution in [3.8, 4) is 0 Å². The summed E-state index contributed by atoms with van der Waals surface area (Å²) in [5.41, 5.74) is 0. The van der Waals surface area contributed by atoms with Gasteiger partial charge in [-0.1, -0.05) is 26.2 Å². The molecule has 17 heavy (non-hydrogen) atoms. The van der Waals surface area contributed by atoms with Crippen LogP contribution >= 0.6 is 0 Å². The van der Waals surface area contributed by atoms with Gasteiger partial charge >= 0.3 is 0 Å². The quantitative estimate of drug-likeness (QED) is 0.814. The number of piperidine rings is 1. The van der Waals surface area contributed by atoms with Crippen LogP contribution < -0.4 is 5.32 Å². The molecule has 2 fully saturated rings. The van der Waals surface area contributed by atoms with Gasteiger partial charge < -0.3 is 10.2 Å². The lowest BCUT2D eigenvalue weighted by Crippen LogP contribution is -2.47. The van der Waals surface area contributed by atoms with E-state index in [1.54, 1.807) is 0 Å². The van der Waals surface area contributed by atoms with Gasteiger partial charge in [-0.25, -0.2) is 0 Å². The molecular weight excluding hydrogens is 212 g/mol. The zero-order chi connectivity index (χ0) is 12.3. The molecule has 2 aliphatic rings. The standard InChI is InChI=1S/C14H26N2O/c1-11(9-15-2)14(17)16-8-7-12-5-3-4-6-13(12)10-16/h11-13,15H,3-10H2,1-2H3. The molecule has 0 aromatic heterocycles. The van der Waals surface area contributed by atoms with Crippen LogP contribution in [0.2, 0.25) is 0 Å². The minimum atomic E-state index is 0.125. The van der Waals surface area contributed by atoms with Crippen LogP contribution in [0.5, 0.6) is 0 Å². The van der Waals surface area contributed by atoms with Crippen LogP contribution in [-0.4, -0.2) is 37.5 Å². The van der Waals surface area contributed by atoms with Crippen molar-refractivity contribution in [3.05, 3.63) is 0 Å². The van der Waals surface area contributed by atoms with Crippen LogP contribution in [0, 0.1) is 17.8 Å². The topological polar surface area (TPSA) is 32.3 Å². The zero-order valence-electron chi connectivity index (χ0n) is 11.2. The molecule has 0 bridgehead atoms. The molecule has 1 N–H and O–H groups in total. The van der Waals surface area contributed by atoms with Crippen molar-refractivity contribution >= 4 is 5.91 Å². The number of likely N-dealkylation sites (tertiary alicyclic amines) is 1. The van der Waals surface area contributed by atoms with Gasteiger partial charge in [0.25, 0.3) is 0 Å². The van der Waals surface area contributed by atoms with Crippen LogP contribution in [0.25, 0.3) is 0 Å². The van der Waals surface area contributed by atoms with E-state index in [2.05, 4.69) is 10.2 Å². The Balaban J connectivity index is 1.88. The lowest BCUT2D eigenvalue weighted by molar-refractivity contribution is -0.138. The number of hydrogen-bond donors (Lipinski definition) is 1. The SMILES string of the molecule is CNCC(C)C(=O)N1CCC2CCCCC2C1. The number of nitrogens with zero attached hydrogens (tertiary/aromatic N) is 1. The van der Waals surface area contributed by atoms with Crippen molar-refractivity contribution in [2.45, 2.75) is 39.0 Å². The number of amides is 1. The monoisotopic (exact) mass is 238 g/mol. The number of hydrogen-bond acceptors (Lipinski definition) is 2. The second-order valence-corrected chi connectivity index (χ2v) is 5.84. The average Bonchev–Trinajstić information content (AvgIpc) is 2.37. The summed E-state index contributed by atoms with van der Waals surface area (Å²) < 4.78 is 0. The minimum Gasteiger partial charge on any atom is -0.342 e. The fourth-order valence-corrected chi connectivity index (χ4v) is 3.51. The number of carbonyl (C=O) groups excluding carboxylic acids is 1. The summed E-state index contributed by atoms with van der Waals surface area (Å²) in [5.74, 6) is 2.18. The van der Waals surface area contributed by atoms with Crippen molar-refractivity contribution in [1.82, 2.24) is 10.2 Å². The van der Waals surface area contributed by atoms with Gasteiger partial charge in [0.1, 0.15) is 0 Å². The molecule has 3 atom stereocenters. The lowest BCUT2D eigenvalue weighted by atomic mass is 9.75. The smallest absolute Gasteiger partial charge is 0.226 e. The van der Waals surface area contributed by atoms with Gasteiger partial charge in [0.15, 0.2) is 0 Å². The van der Waals surface area contributed by atoms with Gasteiger partial charge in [-0.3, -0.25) is 4.79 Å². The van der Waals surface area contributed by atoms with Crippen molar-refractivity contribution < 1.29 is 4.79 Å². The Morgan fingerprint density at radius 1 is 1.29 bits per heavy atom. The van der Waals surface area contributed by atoms with E-state index < -0.39 is 0 Å². The molecule has 1 aliphatic heterocycles. The van der Waals surface area contributed by atoms with Gasteiger partial charge in [0, 0.05) is 25.6 Å². The van der Waals surface area contributed by atoms with Crippen LogP contribution in [-0.2, 0) is 4.79 Å². The summed E-state index contributed by atoms with van der Waals surface area (Å²) in [6, 6.07) is 0. The number of nitrogens with one attached hydrogen (secondary N) is 1. The molecule has 1 saturated heterocycles.